The first-order valence-electron chi connectivity index (χ1n) is 10.3. The van der Waals surface area contributed by atoms with Crippen molar-refractivity contribution in [3.63, 3.8) is 0 Å². The van der Waals surface area contributed by atoms with Gasteiger partial charge in [-0.3, -0.25) is 0 Å². The largest absolute Gasteiger partial charge is 0.419 e. The van der Waals surface area contributed by atoms with Crippen LogP contribution in [0.25, 0.3) is 11.5 Å². The number of benzene rings is 1. The molecule has 0 unspecified atom stereocenters. The molecule has 1 atom stereocenters. The Morgan fingerprint density at radius 2 is 2.03 bits per heavy atom. The maximum atomic E-state index is 5.96. The van der Waals surface area contributed by atoms with Gasteiger partial charge in [0.1, 0.15) is 5.82 Å². The predicted molar refractivity (Wildman–Crippen MR) is 115 cm³/mol. The quantitative estimate of drug-likeness (QED) is 0.367. The molecule has 2 heterocycles. The fourth-order valence-electron chi connectivity index (χ4n) is 3.85. The van der Waals surface area contributed by atoms with Crippen LogP contribution in [-0.4, -0.2) is 25.0 Å². The molecule has 0 spiro atoms. The van der Waals surface area contributed by atoms with E-state index in [0.717, 1.165) is 22.1 Å². The summed E-state index contributed by atoms with van der Waals surface area (Å²) in [6.45, 7) is 8.74. The van der Waals surface area contributed by atoms with E-state index >= 15 is 0 Å². The molecule has 0 aliphatic heterocycles. The second kappa shape index (κ2) is 8.95. The first kappa shape index (κ1) is 19.9. The maximum absolute atomic E-state index is 5.96. The molecule has 7 heteroatoms. The van der Waals surface area contributed by atoms with Crippen molar-refractivity contribution in [2.24, 2.45) is 0 Å². The number of aromatic nitrogens is 5. The van der Waals surface area contributed by atoms with Gasteiger partial charge in [-0.1, -0.05) is 54.8 Å². The van der Waals surface area contributed by atoms with Crippen LogP contribution in [0.5, 0.6) is 0 Å². The third-order valence-electron chi connectivity index (χ3n) is 5.36. The number of allylic oxidation sites excluding steroid dienone is 1. The van der Waals surface area contributed by atoms with E-state index in [9.17, 15) is 0 Å². The molecule has 152 valence electrons. The lowest BCUT2D eigenvalue weighted by Crippen LogP contribution is -2.12. The molecule has 6 nitrogen and oxygen atoms in total. The molecule has 1 saturated carbocycles. The van der Waals surface area contributed by atoms with E-state index in [4.69, 9.17) is 4.42 Å². The molecule has 0 radical (unpaired) electrons. The molecule has 0 N–H and O–H groups in total. The van der Waals surface area contributed by atoms with Crippen LogP contribution in [0.15, 0.2) is 46.5 Å². The van der Waals surface area contributed by atoms with Crippen molar-refractivity contribution < 1.29 is 4.42 Å². The summed E-state index contributed by atoms with van der Waals surface area (Å²) < 4.78 is 8.16. The fourth-order valence-corrected chi connectivity index (χ4v) is 4.75. The van der Waals surface area contributed by atoms with E-state index in [1.165, 1.54) is 32.1 Å². The molecule has 0 saturated heterocycles. The molecular formula is C22H27N5OS. The normalized spacial score (nSPS) is 16.1. The van der Waals surface area contributed by atoms with Crippen LogP contribution in [-0.2, 0) is 6.54 Å². The van der Waals surface area contributed by atoms with Crippen LogP contribution in [0, 0.1) is 6.92 Å². The van der Waals surface area contributed by atoms with Crippen LogP contribution in [0.2, 0.25) is 0 Å². The first-order valence-corrected chi connectivity index (χ1v) is 11.1. The summed E-state index contributed by atoms with van der Waals surface area (Å²) in [6.07, 6.45) is 8.17. The minimum absolute atomic E-state index is 0.0203. The summed E-state index contributed by atoms with van der Waals surface area (Å²) in [5.74, 6) is 2.73. The predicted octanol–water partition coefficient (Wildman–Crippen LogP) is 5.72. The van der Waals surface area contributed by atoms with Gasteiger partial charge < -0.3 is 8.98 Å². The van der Waals surface area contributed by atoms with Gasteiger partial charge in [0, 0.05) is 18.0 Å². The fraction of sp³-hybridized carbons (Fsp3) is 0.455. The van der Waals surface area contributed by atoms with Gasteiger partial charge >= 0.3 is 0 Å². The van der Waals surface area contributed by atoms with Crippen LogP contribution in [0.4, 0.5) is 0 Å². The molecule has 1 aromatic carbocycles. The van der Waals surface area contributed by atoms with E-state index in [0.29, 0.717) is 24.2 Å². The van der Waals surface area contributed by atoms with E-state index in [1.807, 2.05) is 24.3 Å². The van der Waals surface area contributed by atoms with Crippen LogP contribution in [0.3, 0.4) is 0 Å². The van der Waals surface area contributed by atoms with Crippen molar-refractivity contribution >= 4 is 11.8 Å². The van der Waals surface area contributed by atoms with Gasteiger partial charge in [0.2, 0.25) is 11.8 Å². The molecule has 1 aliphatic carbocycles. The molecule has 0 bridgehead atoms. The lowest BCUT2D eigenvalue weighted by atomic mass is 9.89. The minimum Gasteiger partial charge on any atom is -0.419 e. The summed E-state index contributed by atoms with van der Waals surface area (Å²) in [7, 11) is 0. The lowest BCUT2D eigenvalue weighted by molar-refractivity contribution is 0.415. The van der Waals surface area contributed by atoms with E-state index in [2.05, 4.69) is 51.5 Å². The van der Waals surface area contributed by atoms with Crippen LogP contribution < -0.4 is 0 Å². The highest BCUT2D eigenvalue weighted by molar-refractivity contribution is 7.99. The number of aryl methyl sites for hydroxylation is 1. The molecule has 3 aromatic rings. The summed E-state index contributed by atoms with van der Waals surface area (Å²) >= 11 is 1.61. The van der Waals surface area contributed by atoms with Gasteiger partial charge in [0.25, 0.3) is 0 Å². The zero-order valence-corrected chi connectivity index (χ0v) is 17.9. The number of nitrogens with zero attached hydrogens (tertiary/aromatic N) is 5. The summed E-state index contributed by atoms with van der Waals surface area (Å²) in [5, 5.41) is 18.4. The molecule has 0 amide bonds. The van der Waals surface area contributed by atoms with Crippen molar-refractivity contribution in [1.29, 1.82) is 0 Å². The Kier molecular flexibility index (Phi) is 6.13. The van der Waals surface area contributed by atoms with Crippen molar-refractivity contribution in [3.05, 3.63) is 54.2 Å². The molecular weight excluding hydrogens is 382 g/mol. The Morgan fingerprint density at radius 1 is 1.21 bits per heavy atom. The molecule has 29 heavy (non-hydrogen) atoms. The highest BCUT2D eigenvalue weighted by Gasteiger charge is 2.25. The summed E-state index contributed by atoms with van der Waals surface area (Å²) in [6, 6.07) is 8.08. The smallest absolute Gasteiger partial charge is 0.247 e. The van der Waals surface area contributed by atoms with Crippen molar-refractivity contribution in [2.45, 2.75) is 68.8 Å². The Labute approximate surface area is 175 Å². The van der Waals surface area contributed by atoms with E-state index in [1.54, 1.807) is 11.8 Å². The third-order valence-corrected chi connectivity index (χ3v) is 6.43. The summed E-state index contributed by atoms with van der Waals surface area (Å²) in [4.78, 5) is 0. The van der Waals surface area contributed by atoms with Crippen LogP contribution in [0.1, 0.15) is 67.5 Å². The molecule has 1 aliphatic rings. The van der Waals surface area contributed by atoms with Crippen LogP contribution >= 0.6 is 11.8 Å². The van der Waals surface area contributed by atoms with Gasteiger partial charge in [0.15, 0.2) is 5.16 Å². The highest BCUT2D eigenvalue weighted by atomic mass is 32.2. The minimum atomic E-state index is -0.0203. The van der Waals surface area contributed by atoms with Crippen molar-refractivity contribution in [3.8, 4) is 11.5 Å². The molecule has 2 aromatic heterocycles. The van der Waals surface area contributed by atoms with Crippen molar-refractivity contribution in [1.82, 2.24) is 25.0 Å². The number of hydrogen-bond donors (Lipinski definition) is 0. The lowest BCUT2D eigenvalue weighted by Gasteiger charge is -2.21. The Balaban J connectivity index is 1.53. The van der Waals surface area contributed by atoms with Gasteiger partial charge in [-0.2, -0.15) is 0 Å². The number of hydrogen-bond acceptors (Lipinski definition) is 6. The van der Waals surface area contributed by atoms with Gasteiger partial charge in [-0.25, -0.2) is 0 Å². The average molecular weight is 410 g/mol. The highest BCUT2D eigenvalue weighted by Crippen LogP contribution is 2.37. The standard InChI is InChI=1S/C22H27N5OS/c1-4-13-27-19(17-10-6-5-7-11-17)23-26-22(27)29-16(3)20-24-25-21(28-20)18-12-8-9-15(2)14-18/h4,8-9,12,14,16-17H,1,5-7,10-11,13H2,2-3H3/t16-/m1/s1. The Hall–Kier alpha value is -2.41. The number of thioether (sulfide) groups is 1. The number of rotatable bonds is 7. The van der Waals surface area contributed by atoms with Gasteiger partial charge in [0.05, 0.1) is 5.25 Å². The maximum Gasteiger partial charge on any atom is 0.247 e. The monoisotopic (exact) mass is 409 g/mol. The van der Waals surface area contributed by atoms with E-state index < -0.39 is 0 Å². The average Bonchev–Trinajstić information content (AvgIpc) is 3.37. The SMILES string of the molecule is C=CCn1c(S[C@H](C)c2nnc(-c3cccc(C)c3)o2)nnc1C1CCCCC1. The Bertz CT molecular complexity index is 973. The molecule has 4 rings (SSSR count). The zero-order valence-electron chi connectivity index (χ0n) is 17.0. The summed E-state index contributed by atoms with van der Waals surface area (Å²) in [5.41, 5.74) is 2.10. The van der Waals surface area contributed by atoms with Gasteiger partial charge in [-0.15, -0.1) is 27.0 Å². The Morgan fingerprint density at radius 3 is 2.79 bits per heavy atom. The third kappa shape index (κ3) is 4.45. The second-order valence-electron chi connectivity index (χ2n) is 7.65. The zero-order chi connectivity index (χ0) is 20.2. The van der Waals surface area contributed by atoms with Crippen molar-refractivity contribution in [2.75, 3.05) is 0 Å². The van der Waals surface area contributed by atoms with Gasteiger partial charge in [-0.05, 0) is 38.8 Å². The van der Waals surface area contributed by atoms with E-state index in [-0.39, 0.29) is 5.25 Å². The molecule has 1 fully saturated rings. The first-order chi connectivity index (χ1) is 14.2. The topological polar surface area (TPSA) is 69.6 Å². The second-order valence-corrected chi connectivity index (χ2v) is 8.96.